The molecule has 9 heteroatoms. The molecule has 0 amide bonds. The van der Waals surface area contributed by atoms with Gasteiger partial charge in [0.2, 0.25) is 5.88 Å². The van der Waals surface area contributed by atoms with E-state index in [-0.39, 0.29) is 23.7 Å². The van der Waals surface area contributed by atoms with Gasteiger partial charge < -0.3 is 14.6 Å². The lowest BCUT2D eigenvalue weighted by Crippen LogP contribution is -2.18. The molecule has 0 unspecified atom stereocenters. The topological polar surface area (TPSA) is 68.7 Å². The van der Waals surface area contributed by atoms with E-state index in [2.05, 4.69) is 14.5 Å². The van der Waals surface area contributed by atoms with Crippen LogP contribution in [-0.2, 0) is 21.8 Å². The van der Waals surface area contributed by atoms with Crippen LogP contribution in [0.2, 0.25) is 0 Å². The van der Waals surface area contributed by atoms with E-state index >= 15 is 0 Å². The lowest BCUT2D eigenvalue weighted by Gasteiger charge is -2.12. The SMILES string of the molecule is CCOC(=O)Cc1cc(OC(F)(F)F)nc(CCl)c1O. The van der Waals surface area contributed by atoms with Crippen molar-refractivity contribution in [1.82, 2.24) is 4.98 Å². The van der Waals surface area contributed by atoms with Crippen LogP contribution in [0.1, 0.15) is 18.2 Å². The maximum Gasteiger partial charge on any atom is 0.574 e. The first kappa shape index (κ1) is 16.4. The Bertz CT molecular complexity index is 493. The second-order valence-corrected chi connectivity index (χ2v) is 3.85. The molecule has 0 aliphatic rings. The molecule has 20 heavy (non-hydrogen) atoms. The number of ether oxygens (including phenoxy) is 2. The van der Waals surface area contributed by atoms with E-state index in [0.717, 1.165) is 6.07 Å². The summed E-state index contributed by atoms with van der Waals surface area (Å²) in [5, 5.41) is 9.74. The van der Waals surface area contributed by atoms with Crippen molar-refractivity contribution >= 4 is 17.6 Å². The van der Waals surface area contributed by atoms with E-state index < -0.39 is 30.4 Å². The molecule has 0 fully saturated rings. The predicted molar refractivity (Wildman–Crippen MR) is 62.5 cm³/mol. The van der Waals surface area contributed by atoms with Crippen molar-refractivity contribution in [3.05, 3.63) is 17.3 Å². The highest BCUT2D eigenvalue weighted by molar-refractivity contribution is 6.17. The molecule has 1 N–H and O–H groups in total. The van der Waals surface area contributed by atoms with Crippen molar-refractivity contribution in [2.75, 3.05) is 6.61 Å². The van der Waals surface area contributed by atoms with Crippen LogP contribution in [0.3, 0.4) is 0 Å². The highest BCUT2D eigenvalue weighted by Gasteiger charge is 2.32. The Morgan fingerprint density at radius 1 is 1.50 bits per heavy atom. The first-order valence-corrected chi connectivity index (χ1v) is 5.99. The Morgan fingerprint density at radius 3 is 2.65 bits per heavy atom. The summed E-state index contributed by atoms with van der Waals surface area (Å²) in [4.78, 5) is 14.7. The van der Waals surface area contributed by atoms with Crippen LogP contribution in [-0.4, -0.2) is 29.0 Å². The molecule has 1 rings (SSSR count). The largest absolute Gasteiger partial charge is 0.574 e. The highest BCUT2D eigenvalue weighted by atomic mass is 35.5. The third-order valence-electron chi connectivity index (χ3n) is 2.11. The molecule has 0 atom stereocenters. The zero-order chi connectivity index (χ0) is 15.3. The number of halogens is 4. The average molecular weight is 314 g/mol. The van der Waals surface area contributed by atoms with Crippen LogP contribution < -0.4 is 4.74 Å². The zero-order valence-electron chi connectivity index (χ0n) is 10.3. The third-order valence-corrected chi connectivity index (χ3v) is 2.36. The number of carbonyl (C=O) groups is 1. The number of esters is 1. The van der Waals surface area contributed by atoms with Crippen LogP contribution in [0, 0.1) is 0 Å². The average Bonchev–Trinajstić information content (AvgIpc) is 2.31. The Kier molecular flexibility index (Phi) is 5.43. The van der Waals surface area contributed by atoms with Crippen molar-refractivity contribution in [3.8, 4) is 11.6 Å². The zero-order valence-corrected chi connectivity index (χ0v) is 11.1. The minimum Gasteiger partial charge on any atom is -0.506 e. The maximum absolute atomic E-state index is 12.1. The lowest BCUT2D eigenvalue weighted by molar-refractivity contribution is -0.276. The predicted octanol–water partition coefficient (Wildman–Crippen LogP) is 2.53. The highest BCUT2D eigenvalue weighted by Crippen LogP contribution is 2.30. The van der Waals surface area contributed by atoms with Crippen LogP contribution in [0.15, 0.2) is 6.07 Å². The monoisotopic (exact) mass is 313 g/mol. The summed E-state index contributed by atoms with van der Waals surface area (Å²) in [7, 11) is 0. The first-order chi connectivity index (χ1) is 9.26. The van der Waals surface area contributed by atoms with Gasteiger partial charge in [0.15, 0.2) is 0 Å². The molecule has 1 aromatic rings. The van der Waals surface area contributed by atoms with E-state index in [1.807, 2.05) is 0 Å². The maximum atomic E-state index is 12.1. The summed E-state index contributed by atoms with van der Waals surface area (Å²) < 4.78 is 44.7. The number of aromatic nitrogens is 1. The molecule has 112 valence electrons. The molecule has 1 heterocycles. The van der Waals surface area contributed by atoms with Gasteiger partial charge in [-0.3, -0.25) is 4.79 Å². The second-order valence-electron chi connectivity index (χ2n) is 3.58. The number of nitrogens with zero attached hydrogens (tertiary/aromatic N) is 1. The molecule has 0 saturated carbocycles. The minimum absolute atomic E-state index is 0.103. The molecule has 0 spiro atoms. The van der Waals surface area contributed by atoms with Gasteiger partial charge in [-0.2, -0.15) is 0 Å². The summed E-state index contributed by atoms with van der Waals surface area (Å²) >= 11 is 5.47. The van der Waals surface area contributed by atoms with Crippen molar-refractivity contribution in [1.29, 1.82) is 0 Å². The van der Waals surface area contributed by atoms with Crippen LogP contribution in [0.5, 0.6) is 11.6 Å². The minimum atomic E-state index is -4.94. The molecule has 0 saturated heterocycles. The molecular formula is C11H11ClF3NO4. The fraction of sp³-hybridized carbons (Fsp3) is 0.455. The fourth-order valence-corrected chi connectivity index (χ4v) is 1.57. The lowest BCUT2D eigenvalue weighted by atomic mass is 10.1. The number of aromatic hydroxyl groups is 1. The normalized spacial score (nSPS) is 11.2. The number of hydrogen-bond acceptors (Lipinski definition) is 5. The molecule has 1 aromatic heterocycles. The fourth-order valence-electron chi connectivity index (χ4n) is 1.39. The number of pyridine rings is 1. The molecule has 0 aromatic carbocycles. The molecular weight excluding hydrogens is 303 g/mol. The van der Waals surface area contributed by atoms with Gasteiger partial charge in [0.1, 0.15) is 11.4 Å². The quantitative estimate of drug-likeness (QED) is 0.668. The number of carbonyl (C=O) groups excluding carboxylic acids is 1. The Labute approximate surface area is 117 Å². The summed E-state index contributed by atoms with van der Waals surface area (Å²) in [6.07, 6.45) is -5.35. The standard InChI is InChI=1S/C11H11ClF3NO4/c1-2-19-9(17)4-6-3-8(20-11(13,14)15)16-7(5-12)10(6)18/h3,18H,2,4-5H2,1H3. The molecule has 0 aliphatic carbocycles. The van der Waals surface area contributed by atoms with E-state index in [1.165, 1.54) is 0 Å². The second kappa shape index (κ2) is 6.65. The Morgan fingerprint density at radius 2 is 2.15 bits per heavy atom. The van der Waals surface area contributed by atoms with Crippen molar-refractivity contribution in [2.24, 2.45) is 0 Å². The van der Waals surface area contributed by atoms with Gasteiger partial charge in [0.25, 0.3) is 0 Å². The Balaban J connectivity index is 3.08. The Hall–Kier alpha value is -1.70. The van der Waals surface area contributed by atoms with Gasteiger partial charge in [-0.15, -0.1) is 24.8 Å². The van der Waals surface area contributed by atoms with Crippen molar-refractivity contribution in [2.45, 2.75) is 25.6 Å². The number of alkyl halides is 4. The van der Waals surface area contributed by atoms with Gasteiger partial charge in [-0.25, -0.2) is 4.98 Å². The summed E-state index contributed by atoms with van der Waals surface area (Å²) in [5.74, 6) is -2.29. The van der Waals surface area contributed by atoms with Gasteiger partial charge in [0.05, 0.1) is 18.9 Å². The van der Waals surface area contributed by atoms with Crippen LogP contribution >= 0.6 is 11.6 Å². The van der Waals surface area contributed by atoms with Crippen molar-refractivity contribution < 1.29 is 32.5 Å². The van der Waals surface area contributed by atoms with Crippen LogP contribution in [0.25, 0.3) is 0 Å². The molecule has 0 radical (unpaired) electrons. The van der Waals surface area contributed by atoms with Gasteiger partial charge in [-0.1, -0.05) is 0 Å². The first-order valence-electron chi connectivity index (χ1n) is 5.46. The van der Waals surface area contributed by atoms with E-state index in [0.29, 0.717) is 0 Å². The number of hydrogen-bond donors (Lipinski definition) is 1. The van der Waals surface area contributed by atoms with E-state index in [9.17, 15) is 23.1 Å². The van der Waals surface area contributed by atoms with Gasteiger partial charge >= 0.3 is 12.3 Å². The molecule has 0 bridgehead atoms. The molecule has 0 aliphatic heterocycles. The third kappa shape index (κ3) is 4.76. The van der Waals surface area contributed by atoms with Crippen LogP contribution in [0.4, 0.5) is 13.2 Å². The van der Waals surface area contributed by atoms with E-state index in [4.69, 9.17) is 11.6 Å². The summed E-state index contributed by atoms with van der Waals surface area (Å²) in [5.41, 5.74) is -0.318. The van der Waals surface area contributed by atoms with E-state index in [1.54, 1.807) is 6.92 Å². The van der Waals surface area contributed by atoms with Gasteiger partial charge in [-0.05, 0) is 6.92 Å². The smallest absolute Gasteiger partial charge is 0.506 e. The summed E-state index contributed by atoms with van der Waals surface area (Å²) in [6.45, 7) is 1.69. The number of rotatable bonds is 5. The van der Waals surface area contributed by atoms with Gasteiger partial charge in [0, 0.05) is 11.6 Å². The molecule has 5 nitrogen and oxygen atoms in total. The summed E-state index contributed by atoms with van der Waals surface area (Å²) in [6, 6.07) is 0.815. The van der Waals surface area contributed by atoms with Crippen molar-refractivity contribution in [3.63, 3.8) is 0 Å².